The summed E-state index contributed by atoms with van der Waals surface area (Å²) in [7, 11) is 0. The van der Waals surface area contributed by atoms with Crippen molar-refractivity contribution in [1.29, 1.82) is 0 Å². The minimum Gasteiger partial charge on any atom is -0.372 e. The topological polar surface area (TPSA) is 90.5 Å². The van der Waals surface area contributed by atoms with E-state index in [1.807, 2.05) is 60.7 Å². The molecule has 2 aromatic carbocycles. The molecule has 212 valence electrons. The van der Waals surface area contributed by atoms with E-state index >= 15 is 0 Å². The van der Waals surface area contributed by atoms with Gasteiger partial charge in [-0.15, -0.1) is 21.5 Å². The van der Waals surface area contributed by atoms with E-state index < -0.39 is 0 Å². The Bertz CT molecular complexity index is 1790. The van der Waals surface area contributed by atoms with Gasteiger partial charge < -0.3 is 10.1 Å². The largest absolute Gasteiger partial charge is 0.372 e. The van der Waals surface area contributed by atoms with Gasteiger partial charge in [-0.2, -0.15) is 0 Å². The Morgan fingerprint density at radius 1 is 1.15 bits per heavy atom. The Morgan fingerprint density at radius 2 is 1.95 bits per heavy atom. The first kappa shape index (κ1) is 27.7. The molecule has 1 amide bonds. The van der Waals surface area contributed by atoms with E-state index in [0.29, 0.717) is 35.3 Å². The van der Waals surface area contributed by atoms with Gasteiger partial charge in [0.25, 0.3) is 5.56 Å². The third kappa shape index (κ3) is 5.43. The summed E-state index contributed by atoms with van der Waals surface area (Å²) in [6.07, 6.45) is 1.50. The molecule has 0 fully saturated rings. The van der Waals surface area contributed by atoms with Crippen molar-refractivity contribution < 1.29 is 9.53 Å². The molecule has 1 aliphatic rings. The molecule has 41 heavy (non-hydrogen) atoms. The van der Waals surface area contributed by atoms with Crippen LogP contribution in [-0.4, -0.2) is 43.0 Å². The first-order valence-corrected chi connectivity index (χ1v) is 15.7. The summed E-state index contributed by atoms with van der Waals surface area (Å²) in [4.78, 5) is 29.0. The van der Waals surface area contributed by atoms with Gasteiger partial charge in [0, 0.05) is 17.3 Å². The number of amides is 1. The van der Waals surface area contributed by atoms with Crippen LogP contribution in [0.4, 0.5) is 0 Å². The van der Waals surface area contributed by atoms with Crippen molar-refractivity contribution in [2.45, 2.75) is 64.4 Å². The summed E-state index contributed by atoms with van der Waals surface area (Å²) in [6, 6.07) is 18.0. The zero-order valence-corrected chi connectivity index (χ0v) is 25.2. The fourth-order valence-electron chi connectivity index (χ4n) is 5.43. The second-order valence-electron chi connectivity index (χ2n) is 11.0. The lowest BCUT2D eigenvalue weighted by molar-refractivity contribution is -0.119. The van der Waals surface area contributed by atoms with Crippen LogP contribution in [0.15, 0.2) is 64.5 Å². The molecular weight excluding hydrogens is 555 g/mol. The normalized spacial score (nSPS) is 15.9. The van der Waals surface area contributed by atoms with Crippen LogP contribution in [0, 0.1) is 12.8 Å². The summed E-state index contributed by atoms with van der Waals surface area (Å²) >= 11 is 2.89. The molecule has 0 radical (unpaired) electrons. The number of thiophene rings is 1. The third-order valence-corrected chi connectivity index (χ3v) is 9.59. The molecule has 0 aliphatic carbocycles. The van der Waals surface area contributed by atoms with Gasteiger partial charge in [-0.05, 0) is 55.0 Å². The van der Waals surface area contributed by atoms with Gasteiger partial charge in [0.05, 0.1) is 29.5 Å². The van der Waals surface area contributed by atoms with E-state index in [2.05, 4.69) is 41.5 Å². The lowest BCUT2D eigenvalue weighted by Gasteiger charge is -2.26. The molecule has 4 heterocycles. The highest BCUT2D eigenvalue weighted by Gasteiger charge is 2.30. The number of aryl methyl sites for hydroxylation is 1. The highest BCUT2D eigenvalue weighted by atomic mass is 32.2. The zero-order valence-electron chi connectivity index (χ0n) is 23.6. The summed E-state index contributed by atoms with van der Waals surface area (Å²) < 4.78 is 9.75. The van der Waals surface area contributed by atoms with E-state index in [9.17, 15) is 9.59 Å². The number of nitrogens with zero attached hydrogens (tertiary/aromatic N) is 4. The van der Waals surface area contributed by atoms with Crippen LogP contribution in [0.25, 0.3) is 21.7 Å². The lowest BCUT2D eigenvalue weighted by atomic mass is 9.96. The molecule has 0 spiro atoms. The number of carbonyl (C=O) groups excluding carboxylic acids is 1. The molecule has 0 bridgehead atoms. The average Bonchev–Trinajstić information content (AvgIpc) is 3.54. The van der Waals surface area contributed by atoms with Crippen LogP contribution in [0.1, 0.15) is 42.3 Å². The lowest BCUT2D eigenvalue weighted by Crippen LogP contribution is -2.35. The fourth-order valence-corrected chi connectivity index (χ4v) is 7.47. The van der Waals surface area contributed by atoms with E-state index in [1.54, 1.807) is 15.9 Å². The molecule has 5 aromatic rings. The van der Waals surface area contributed by atoms with E-state index in [1.165, 1.54) is 17.3 Å². The van der Waals surface area contributed by atoms with Gasteiger partial charge in [-0.3, -0.25) is 9.59 Å². The van der Waals surface area contributed by atoms with E-state index in [-0.39, 0.29) is 29.4 Å². The maximum Gasteiger partial charge on any atom is 0.268 e. The van der Waals surface area contributed by atoms with Crippen molar-refractivity contribution >= 4 is 45.0 Å². The average molecular weight is 588 g/mol. The molecule has 0 saturated heterocycles. The Balaban J connectivity index is 1.38. The third-order valence-electron chi connectivity index (χ3n) is 7.47. The molecular formula is C31H33N5O3S2. The predicted molar refractivity (Wildman–Crippen MR) is 164 cm³/mol. The molecule has 1 N–H and O–H groups in total. The van der Waals surface area contributed by atoms with Crippen LogP contribution >= 0.6 is 23.1 Å². The minimum absolute atomic E-state index is 0.00299. The number of carbonyl (C=O) groups is 1. The zero-order chi connectivity index (χ0) is 28.7. The highest BCUT2D eigenvalue weighted by molar-refractivity contribution is 7.99. The molecule has 10 heteroatoms. The quantitative estimate of drug-likeness (QED) is 0.247. The van der Waals surface area contributed by atoms with Crippen molar-refractivity contribution in [2.24, 2.45) is 5.92 Å². The van der Waals surface area contributed by atoms with Gasteiger partial charge >= 0.3 is 0 Å². The van der Waals surface area contributed by atoms with Gasteiger partial charge in [0.15, 0.2) is 5.16 Å². The van der Waals surface area contributed by atoms with Crippen LogP contribution in [0.5, 0.6) is 0 Å². The summed E-state index contributed by atoms with van der Waals surface area (Å²) in [5.74, 6) is 0.893. The SMILES string of the molecule is Cc1cccc(-n2c(=O)c3c4c(sc3n3c(SCC(=O)N[C@@H](C)Cc5ccccc5)nnc23)CO[C@H](C(C)C)C4)c1. The van der Waals surface area contributed by atoms with E-state index in [4.69, 9.17) is 4.74 Å². The van der Waals surface area contributed by atoms with Gasteiger partial charge in [0.1, 0.15) is 4.83 Å². The van der Waals surface area contributed by atoms with Crippen molar-refractivity contribution in [3.8, 4) is 5.69 Å². The molecule has 8 nitrogen and oxygen atoms in total. The summed E-state index contributed by atoms with van der Waals surface area (Å²) in [5, 5.41) is 13.3. The molecule has 2 atom stereocenters. The molecule has 6 rings (SSSR count). The second kappa shape index (κ2) is 11.4. The molecule has 0 unspecified atom stereocenters. The first-order chi connectivity index (χ1) is 19.8. The van der Waals surface area contributed by atoms with Crippen molar-refractivity contribution in [3.05, 3.63) is 86.5 Å². The van der Waals surface area contributed by atoms with Crippen LogP contribution in [0.2, 0.25) is 0 Å². The number of hydrogen-bond acceptors (Lipinski definition) is 7. The maximum absolute atomic E-state index is 14.2. The number of aromatic nitrogens is 4. The smallest absolute Gasteiger partial charge is 0.268 e. The minimum atomic E-state index is -0.101. The number of rotatable bonds is 8. The summed E-state index contributed by atoms with van der Waals surface area (Å²) in [5.41, 5.74) is 3.92. The molecule has 0 saturated carbocycles. The number of hydrogen-bond donors (Lipinski definition) is 1. The number of nitrogens with one attached hydrogen (secondary N) is 1. The van der Waals surface area contributed by atoms with Crippen molar-refractivity contribution in [1.82, 2.24) is 24.5 Å². The fraction of sp³-hybridized carbons (Fsp3) is 0.355. The molecule has 1 aliphatic heterocycles. The summed E-state index contributed by atoms with van der Waals surface area (Å²) in [6.45, 7) is 8.79. The Hall–Kier alpha value is -3.47. The predicted octanol–water partition coefficient (Wildman–Crippen LogP) is 5.34. The van der Waals surface area contributed by atoms with Crippen LogP contribution < -0.4 is 10.9 Å². The van der Waals surface area contributed by atoms with Gasteiger partial charge in [-0.25, -0.2) is 8.97 Å². The van der Waals surface area contributed by atoms with Crippen molar-refractivity contribution in [2.75, 3.05) is 5.75 Å². The first-order valence-electron chi connectivity index (χ1n) is 13.9. The Labute approximate surface area is 246 Å². The number of fused-ring (bicyclic) bond motifs is 5. The maximum atomic E-state index is 14.2. The number of thioether (sulfide) groups is 1. The Kier molecular flexibility index (Phi) is 7.72. The van der Waals surface area contributed by atoms with Crippen LogP contribution in [-0.2, 0) is 29.0 Å². The monoisotopic (exact) mass is 587 g/mol. The highest BCUT2D eigenvalue weighted by Crippen LogP contribution is 2.37. The van der Waals surface area contributed by atoms with Crippen LogP contribution in [0.3, 0.4) is 0 Å². The van der Waals surface area contributed by atoms with Crippen molar-refractivity contribution in [3.63, 3.8) is 0 Å². The van der Waals surface area contributed by atoms with Gasteiger partial charge in [-0.1, -0.05) is 68.1 Å². The van der Waals surface area contributed by atoms with E-state index in [0.717, 1.165) is 32.9 Å². The molecule has 3 aromatic heterocycles. The number of benzene rings is 2. The number of ether oxygens (including phenoxy) is 1. The Morgan fingerprint density at radius 3 is 2.71 bits per heavy atom. The standard InChI is InChI=1S/C31H33N5O3S2/c1-18(2)24-15-23-25(16-39-24)41-29-27(23)28(38)35(22-12-8-9-19(3)13-22)30-33-34-31(36(29)30)40-17-26(37)32-20(4)14-21-10-6-5-7-11-21/h5-13,18,20,24H,14-17H2,1-4H3,(H,32,37)/t20-,24-/m0/s1. The van der Waals surface area contributed by atoms with Gasteiger partial charge in [0.2, 0.25) is 11.7 Å². The second-order valence-corrected chi connectivity index (χ2v) is 13.1.